The Morgan fingerprint density at radius 3 is 2.79 bits per heavy atom. The van der Waals surface area contributed by atoms with Gasteiger partial charge >= 0.3 is 0 Å². The summed E-state index contributed by atoms with van der Waals surface area (Å²) >= 11 is 3.49. The monoisotopic (exact) mass is 323 g/mol. The SMILES string of the molecule is C#CCOc1ccc(Br)cc1CNC(C)C(C)CC. The summed E-state index contributed by atoms with van der Waals surface area (Å²) in [5.74, 6) is 4.00. The molecule has 104 valence electrons. The fourth-order valence-corrected chi connectivity index (χ4v) is 2.18. The zero-order chi connectivity index (χ0) is 14.3. The maximum absolute atomic E-state index is 5.56. The fourth-order valence-electron chi connectivity index (χ4n) is 1.77. The van der Waals surface area contributed by atoms with Crippen molar-refractivity contribution in [2.75, 3.05) is 6.61 Å². The van der Waals surface area contributed by atoms with E-state index < -0.39 is 0 Å². The average molecular weight is 324 g/mol. The van der Waals surface area contributed by atoms with Crippen LogP contribution < -0.4 is 10.1 Å². The van der Waals surface area contributed by atoms with E-state index in [2.05, 4.69) is 54.0 Å². The van der Waals surface area contributed by atoms with Gasteiger partial charge in [0.25, 0.3) is 0 Å². The van der Waals surface area contributed by atoms with Crippen LogP contribution in [0, 0.1) is 18.3 Å². The van der Waals surface area contributed by atoms with E-state index in [4.69, 9.17) is 11.2 Å². The highest BCUT2D eigenvalue weighted by molar-refractivity contribution is 9.10. The molecule has 1 N–H and O–H groups in total. The lowest BCUT2D eigenvalue weighted by Gasteiger charge is -2.21. The van der Waals surface area contributed by atoms with Crippen LogP contribution in [0.3, 0.4) is 0 Å². The number of terminal acetylenes is 1. The summed E-state index contributed by atoms with van der Waals surface area (Å²) in [6, 6.07) is 6.46. The van der Waals surface area contributed by atoms with Gasteiger partial charge in [-0.3, -0.25) is 0 Å². The largest absolute Gasteiger partial charge is 0.481 e. The standard InChI is InChI=1S/C16H22BrNO/c1-5-9-19-16-8-7-15(17)10-14(16)11-18-13(4)12(3)6-2/h1,7-8,10,12-13,18H,6,9,11H2,2-4H3. The first kappa shape index (κ1) is 16.1. The molecule has 0 radical (unpaired) electrons. The topological polar surface area (TPSA) is 21.3 Å². The van der Waals surface area contributed by atoms with Gasteiger partial charge in [-0.05, 0) is 31.0 Å². The second-order valence-electron chi connectivity index (χ2n) is 4.80. The lowest BCUT2D eigenvalue weighted by molar-refractivity contribution is 0.356. The molecular weight excluding hydrogens is 302 g/mol. The van der Waals surface area contributed by atoms with Crippen molar-refractivity contribution in [3.8, 4) is 18.1 Å². The van der Waals surface area contributed by atoms with E-state index in [0.29, 0.717) is 18.6 Å². The van der Waals surface area contributed by atoms with Crippen LogP contribution in [-0.2, 0) is 6.54 Å². The number of rotatable bonds is 7. The molecule has 0 aliphatic heterocycles. The molecule has 1 rings (SSSR count). The van der Waals surface area contributed by atoms with Crippen LogP contribution in [0.5, 0.6) is 5.75 Å². The van der Waals surface area contributed by atoms with Crippen molar-refractivity contribution < 1.29 is 4.74 Å². The van der Waals surface area contributed by atoms with E-state index in [1.807, 2.05) is 12.1 Å². The first-order valence-corrected chi connectivity index (χ1v) is 7.45. The van der Waals surface area contributed by atoms with Crippen LogP contribution >= 0.6 is 15.9 Å². The van der Waals surface area contributed by atoms with Crippen molar-refractivity contribution in [3.05, 3.63) is 28.2 Å². The van der Waals surface area contributed by atoms with Crippen molar-refractivity contribution in [2.24, 2.45) is 5.92 Å². The lowest BCUT2D eigenvalue weighted by atomic mass is 10.0. The number of benzene rings is 1. The quantitative estimate of drug-likeness (QED) is 0.766. The van der Waals surface area contributed by atoms with Crippen LogP contribution in [0.4, 0.5) is 0 Å². The third kappa shape index (κ3) is 5.26. The molecule has 1 aromatic rings. The van der Waals surface area contributed by atoms with Crippen molar-refractivity contribution in [2.45, 2.75) is 39.8 Å². The molecule has 0 aliphatic carbocycles. The van der Waals surface area contributed by atoms with E-state index >= 15 is 0 Å². The second kappa shape index (κ2) is 8.24. The smallest absolute Gasteiger partial charge is 0.148 e. The van der Waals surface area contributed by atoms with E-state index in [1.54, 1.807) is 0 Å². The number of ether oxygens (including phenoxy) is 1. The highest BCUT2D eigenvalue weighted by atomic mass is 79.9. The van der Waals surface area contributed by atoms with Gasteiger partial charge in [-0.2, -0.15) is 0 Å². The molecular formula is C16H22BrNO. The Balaban J connectivity index is 2.70. The molecule has 0 saturated carbocycles. The Morgan fingerprint density at radius 2 is 2.16 bits per heavy atom. The van der Waals surface area contributed by atoms with E-state index in [-0.39, 0.29) is 0 Å². The van der Waals surface area contributed by atoms with Crippen molar-refractivity contribution in [1.82, 2.24) is 5.32 Å². The van der Waals surface area contributed by atoms with Gasteiger partial charge in [0, 0.05) is 22.6 Å². The summed E-state index contributed by atoms with van der Waals surface area (Å²) in [6.07, 6.45) is 6.41. The first-order chi connectivity index (χ1) is 9.08. The average Bonchev–Trinajstić information content (AvgIpc) is 2.42. The van der Waals surface area contributed by atoms with Crippen LogP contribution in [0.1, 0.15) is 32.8 Å². The minimum atomic E-state index is 0.301. The summed E-state index contributed by atoms with van der Waals surface area (Å²) in [5.41, 5.74) is 1.12. The van der Waals surface area contributed by atoms with Gasteiger partial charge in [0.15, 0.2) is 0 Å². The van der Waals surface area contributed by atoms with Crippen molar-refractivity contribution >= 4 is 15.9 Å². The van der Waals surface area contributed by atoms with Crippen LogP contribution in [0.15, 0.2) is 22.7 Å². The Morgan fingerprint density at radius 1 is 1.42 bits per heavy atom. The predicted molar refractivity (Wildman–Crippen MR) is 84.2 cm³/mol. The Kier molecular flexibility index (Phi) is 6.97. The molecule has 1 aromatic carbocycles. The third-order valence-corrected chi connectivity index (χ3v) is 3.94. The molecule has 2 nitrogen and oxygen atoms in total. The summed E-state index contributed by atoms with van der Waals surface area (Å²) in [4.78, 5) is 0. The van der Waals surface area contributed by atoms with E-state index in [9.17, 15) is 0 Å². The maximum atomic E-state index is 5.56. The zero-order valence-corrected chi connectivity index (χ0v) is 13.5. The highest BCUT2D eigenvalue weighted by Gasteiger charge is 2.11. The Bertz CT molecular complexity index is 439. The Hall–Kier alpha value is -0.980. The summed E-state index contributed by atoms with van der Waals surface area (Å²) in [7, 11) is 0. The summed E-state index contributed by atoms with van der Waals surface area (Å²) < 4.78 is 6.61. The third-order valence-electron chi connectivity index (χ3n) is 3.45. The molecule has 0 fully saturated rings. The molecule has 0 aromatic heterocycles. The summed E-state index contributed by atoms with van der Waals surface area (Å²) in [6.45, 7) is 7.77. The molecule has 0 amide bonds. The van der Waals surface area contributed by atoms with Crippen molar-refractivity contribution in [1.29, 1.82) is 0 Å². The van der Waals surface area contributed by atoms with Gasteiger partial charge < -0.3 is 10.1 Å². The molecule has 0 saturated heterocycles. The van der Waals surface area contributed by atoms with Gasteiger partial charge in [0.05, 0.1) is 0 Å². The first-order valence-electron chi connectivity index (χ1n) is 6.66. The lowest BCUT2D eigenvalue weighted by Crippen LogP contribution is -2.31. The van der Waals surface area contributed by atoms with Gasteiger partial charge in [-0.15, -0.1) is 6.42 Å². The number of hydrogen-bond donors (Lipinski definition) is 1. The minimum Gasteiger partial charge on any atom is -0.481 e. The fraction of sp³-hybridized carbons (Fsp3) is 0.500. The van der Waals surface area contributed by atoms with Crippen LogP contribution in [0.25, 0.3) is 0 Å². The predicted octanol–water partition coefficient (Wildman–Crippen LogP) is 3.99. The van der Waals surface area contributed by atoms with Crippen LogP contribution in [0.2, 0.25) is 0 Å². The molecule has 2 unspecified atom stereocenters. The molecule has 2 atom stereocenters. The second-order valence-corrected chi connectivity index (χ2v) is 5.72. The van der Waals surface area contributed by atoms with Crippen LogP contribution in [-0.4, -0.2) is 12.6 Å². The maximum Gasteiger partial charge on any atom is 0.148 e. The van der Waals surface area contributed by atoms with Gasteiger partial charge in [-0.25, -0.2) is 0 Å². The molecule has 0 spiro atoms. The number of hydrogen-bond acceptors (Lipinski definition) is 2. The van der Waals surface area contributed by atoms with E-state index in [1.165, 1.54) is 6.42 Å². The number of nitrogens with one attached hydrogen (secondary N) is 1. The number of halogens is 1. The molecule has 0 bridgehead atoms. The van der Waals surface area contributed by atoms with E-state index in [0.717, 1.165) is 22.3 Å². The highest BCUT2D eigenvalue weighted by Crippen LogP contribution is 2.23. The zero-order valence-electron chi connectivity index (χ0n) is 11.9. The molecule has 19 heavy (non-hydrogen) atoms. The minimum absolute atomic E-state index is 0.301. The van der Waals surface area contributed by atoms with Gasteiger partial charge in [-0.1, -0.05) is 42.1 Å². The van der Waals surface area contributed by atoms with Crippen molar-refractivity contribution in [3.63, 3.8) is 0 Å². The molecule has 3 heteroatoms. The Labute approximate surface area is 125 Å². The summed E-state index contributed by atoms with van der Waals surface area (Å²) in [5, 5.41) is 3.54. The normalized spacial score (nSPS) is 13.6. The van der Waals surface area contributed by atoms with Gasteiger partial charge in [0.1, 0.15) is 12.4 Å². The molecule has 0 aliphatic rings. The van der Waals surface area contributed by atoms with Gasteiger partial charge in [0.2, 0.25) is 0 Å². The molecule has 0 heterocycles.